The number of rotatable bonds is 6. The third-order valence-corrected chi connectivity index (χ3v) is 8.23. The molecule has 5 rings (SSSR count). The van der Waals surface area contributed by atoms with Crippen LogP contribution in [0.15, 0.2) is 12.1 Å². The van der Waals surface area contributed by atoms with Gasteiger partial charge in [0.25, 0.3) is 0 Å². The van der Waals surface area contributed by atoms with Gasteiger partial charge in [0.15, 0.2) is 0 Å². The maximum absolute atomic E-state index is 13.6. The summed E-state index contributed by atoms with van der Waals surface area (Å²) in [5.41, 5.74) is -0.813. The summed E-state index contributed by atoms with van der Waals surface area (Å²) in [6.07, 6.45) is 0.901. The molecular weight excluding hydrogens is 499 g/mol. The average molecular weight is 544 g/mol. The highest BCUT2D eigenvalue weighted by molar-refractivity contribution is 6.63. The zero-order chi connectivity index (χ0) is 29.1. The molecule has 8 nitrogen and oxygen atoms in total. The summed E-state index contributed by atoms with van der Waals surface area (Å²) in [7, 11) is -0.825. The first kappa shape index (κ1) is 29.9. The normalized spacial score (nSPS) is 27.6. The van der Waals surface area contributed by atoms with Crippen molar-refractivity contribution in [1.29, 1.82) is 0 Å². The fourth-order valence-corrected chi connectivity index (χ4v) is 6.22. The van der Waals surface area contributed by atoms with Crippen LogP contribution in [0.4, 0.5) is 4.79 Å². The number of carbonyl (C=O) groups excluding carboxylic acids is 2. The van der Waals surface area contributed by atoms with Crippen molar-refractivity contribution in [3.63, 3.8) is 0 Å². The van der Waals surface area contributed by atoms with Crippen LogP contribution in [0, 0.1) is 17.3 Å². The second-order valence-corrected chi connectivity index (χ2v) is 14.2. The number of hydrogen-bond acceptors (Lipinski definition) is 8. The van der Waals surface area contributed by atoms with Gasteiger partial charge in [-0.25, -0.2) is 9.59 Å². The monoisotopic (exact) mass is 544 g/mol. The van der Waals surface area contributed by atoms with E-state index in [2.05, 4.69) is 20.8 Å². The molecule has 1 saturated heterocycles. The SMILES string of the molecule is CC(C)OCc1ccc(B2OC3C[C@H]4C[C@H](C4(C)C)[C@]3(C)O2)c(OC(=O)OC(C)(C)C)c1C(=O)OC(C)(C)C. The average Bonchev–Trinajstić information content (AvgIpc) is 3.11. The van der Waals surface area contributed by atoms with E-state index < -0.39 is 36.0 Å². The van der Waals surface area contributed by atoms with Gasteiger partial charge in [-0.15, -0.1) is 0 Å². The summed E-state index contributed by atoms with van der Waals surface area (Å²) in [5, 5.41) is 0. The molecule has 0 spiro atoms. The molecule has 1 aromatic carbocycles. The third kappa shape index (κ3) is 6.01. The Morgan fingerprint density at radius 2 is 1.67 bits per heavy atom. The minimum absolute atomic E-state index is 0.0159. The highest BCUT2D eigenvalue weighted by atomic mass is 16.7. The summed E-state index contributed by atoms with van der Waals surface area (Å²) in [6, 6.07) is 3.58. The van der Waals surface area contributed by atoms with Crippen LogP contribution in [-0.4, -0.2) is 48.3 Å². The van der Waals surface area contributed by atoms with Crippen molar-refractivity contribution >= 4 is 24.7 Å². The molecule has 3 saturated carbocycles. The lowest BCUT2D eigenvalue weighted by Crippen LogP contribution is -2.65. The maximum Gasteiger partial charge on any atom is 0.514 e. The molecule has 39 heavy (non-hydrogen) atoms. The summed E-state index contributed by atoms with van der Waals surface area (Å²) < 4.78 is 36.1. The van der Waals surface area contributed by atoms with Crippen LogP contribution in [0.1, 0.15) is 105 Å². The molecule has 0 aromatic heterocycles. The van der Waals surface area contributed by atoms with Gasteiger partial charge in [-0.05, 0) is 98.0 Å². The molecule has 216 valence electrons. The van der Waals surface area contributed by atoms with Crippen LogP contribution in [0.2, 0.25) is 0 Å². The highest BCUT2D eigenvalue weighted by Crippen LogP contribution is 2.65. The van der Waals surface area contributed by atoms with E-state index in [0.29, 0.717) is 22.9 Å². The van der Waals surface area contributed by atoms with E-state index in [1.807, 2.05) is 13.8 Å². The van der Waals surface area contributed by atoms with E-state index in [4.69, 9.17) is 28.3 Å². The first-order valence-corrected chi connectivity index (χ1v) is 14.1. The summed E-state index contributed by atoms with van der Waals surface area (Å²) >= 11 is 0. The Hall–Kier alpha value is -2.10. The van der Waals surface area contributed by atoms with Crippen LogP contribution in [0.3, 0.4) is 0 Å². The zero-order valence-electron chi connectivity index (χ0n) is 25.4. The quantitative estimate of drug-likeness (QED) is 0.252. The van der Waals surface area contributed by atoms with E-state index in [1.54, 1.807) is 53.7 Å². The maximum atomic E-state index is 13.6. The third-order valence-electron chi connectivity index (χ3n) is 8.23. The van der Waals surface area contributed by atoms with Crippen LogP contribution in [-0.2, 0) is 30.1 Å². The molecule has 2 bridgehead atoms. The van der Waals surface area contributed by atoms with Crippen LogP contribution >= 0.6 is 0 Å². The number of benzene rings is 1. The molecule has 1 aromatic rings. The Labute approximate surface area is 233 Å². The summed E-state index contributed by atoms with van der Waals surface area (Å²) in [5.74, 6) is 0.309. The van der Waals surface area contributed by atoms with Crippen molar-refractivity contribution in [1.82, 2.24) is 0 Å². The molecule has 0 N–H and O–H groups in total. The predicted molar refractivity (Wildman–Crippen MR) is 148 cm³/mol. The second-order valence-electron chi connectivity index (χ2n) is 14.2. The first-order valence-electron chi connectivity index (χ1n) is 14.1. The van der Waals surface area contributed by atoms with Gasteiger partial charge in [0.05, 0.1) is 24.4 Å². The van der Waals surface area contributed by atoms with Crippen LogP contribution < -0.4 is 10.2 Å². The molecule has 4 fully saturated rings. The fourth-order valence-electron chi connectivity index (χ4n) is 6.22. The van der Waals surface area contributed by atoms with Gasteiger partial charge in [0, 0.05) is 5.46 Å². The molecule has 4 atom stereocenters. The minimum atomic E-state index is -0.930. The van der Waals surface area contributed by atoms with Crippen molar-refractivity contribution < 1.29 is 37.8 Å². The lowest BCUT2D eigenvalue weighted by atomic mass is 9.43. The Morgan fingerprint density at radius 1 is 1.03 bits per heavy atom. The van der Waals surface area contributed by atoms with Crippen molar-refractivity contribution in [2.45, 2.75) is 125 Å². The molecule has 9 heteroatoms. The molecule has 1 heterocycles. The summed E-state index contributed by atoms with van der Waals surface area (Å²) in [6.45, 7) is 21.3. The van der Waals surface area contributed by atoms with Gasteiger partial charge >= 0.3 is 19.2 Å². The van der Waals surface area contributed by atoms with Crippen LogP contribution in [0.5, 0.6) is 5.75 Å². The van der Waals surface area contributed by atoms with E-state index in [-0.39, 0.29) is 35.5 Å². The smallest absolute Gasteiger partial charge is 0.456 e. The van der Waals surface area contributed by atoms with E-state index in [9.17, 15) is 9.59 Å². The predicted octanol–water partition coefficient (Wildman–Crippen LogP) is 5.82. The molecule has 0 amide bonds. The number of carbonyl (C=O) groups is 2. The zero-order valence-corrected chi connectivity index (χ0v) is 25.4. The first-order chi connectivity index (χ1) is 17.8. The van der Waals surface area contributed by atoms with Gasteiger partial charge in [-0.3, -0.25) is 0 Å². The van der Waals surface area contributed by atoms with E-state index in [1.165, 1.54) is 0 Å². The standard InChI is InChI=1S/C30H45BO8/c1-17(2)34-16-18-12-13-20(31-38-22-15-19-14-21(29(19,9)10)30(22,11)39-31)24(35-26(33)37-28(6,7)8)23(18)25(32)36-27(3,4)5/h12-13,17,19,21-22H,14-16H2,1-11H3/t19-,21-,22?,30+/m1/s1. The van der Waals surface area contributed by atoms with Gasteiger partial charge in [0.2, 0.25) is 0 Å². The molecule has 1 aliphatic heterocycles. The van der Waals surface area contributed by atoms with Gasteiger partial charge < -0.3 is 28.3 Å². The van der Waals surface area contributed by atoms with Crippen LogP contribution in [0.25, 0.3) is 0 Å². The Morgan fingerprint density at radius 3 is 2.23 bits per heavy atom. The second kappa shape index (κ2) is 10.1. The molecular formula is C30H45BO8. The van der Waals surface area contributed by atoms with Crippen molar-refractivity contribution in [3.8, 4) is 5.75 Å². The van der Waals surface area contributed by atoms with E-state index >= 15 is 0 Å². The molecule has 0 radical (unpaired) electrons. The molecule has 3 aliphatic carbocycles. The van der Waals surface area contributed by atoms with Crippen molar-refractivity contribution in [2.24, 2.45) is 17.3 Å². The highest BCUT2D eigenvalue weighted by Gasteiger charge is 2.68. The minimum Gasteiger partial charge on any atom is -0.456 e. The lowest BCUT2D eigenvalue weighted by Gasteiger charge is -2.64. The Kier molecular flexibility index (Phi) is 7.72. The van der Waals surface area contributed by atoms with Gasteiger partial charge in [0.1, 0.15) is 22.5 Å². The lowest BCUT2D eigenvalue weighted by molar-refractivity contribution is -0.199. The van der Waals surface area contributed by atoms with Gasteiger partial charge in [-0.2, -0.15) is 0 Å². The Bertz CT molecular complexity index is 1120. The molecule has 4 aliphatic rings. The Balaban J connectivity index is 1.79. The number of esters is 1. The summed E-state index contributed by atoms with van der Waals surface area (Å²) in [4.78, 5) is 26.6. The molecule has 1 unspecified atom stereocenters. The fraction of sp³-hybridized carbons (Fsp3) is 0.733. The van der Waals surface area contributed by atoms with Gasteiger partial charge in [-0.1, -0.05) is 26.0 Å². The number of hydrogen-bond donors (Lipinski definition) is 0. The van der Waals surface area contributed by atoms with E-state index in [0.717, 1.165) is 12.8 Å². The van der Waals surface area contributed by atoms with Crippen molar-refractivity contribution in [3.05, 3.63) is 23.3 Å². The van der Waals surface area contributed by atoms with Crippen molar-refractivity contribution in [2.75, 3.05) is 0 Å². The number of ether oxygens (including phenoxy) is 4. The largest absolute Gasteiger partial charge is 0.514 e. The topological polar surface area (TPSA) is 89.5 Å².